The van der Waals surface area contributed by atoms with Crippen molar-refractivity contribution in [1.29, 1.82) is 0 Å². The Hall–Kier alpha value is -3.36. The van der Waals surface area contributed by atoms with E-state index in [1.54, 1.807) is 35.8 Å². The average Bonchev–Trinajstić information content (AvgIpc) is 2.99. The number of nitrogen functional groups attached to an aromatic ring is 1. The zero-order valence-corrected chi connectivity index (χ0v) is 14.7. The lowest BCUT2D eigenvalue weighted by molar-refractivity contribution is 0.0595. The van der Waals surface area contributed by atoms with Gasteiger partial charge in [-0.25, -0.2) is 14.8 Å². The third-order valence-electron chi connectivity index (χ3n) is 3.75. The second-order valence-electron chi connectivity index (χ2n) is 5.41. The molecule has 0 fully saturated rings. The molecule has 2 heterocycles. The Bertz CT molecular complexity index is 954. The van der Waals surface area contributed by atoms with Crippen LogP contribution < -0.4 is 15.2 Å². The molecule has 0 saturated carbocycles. The largest absolute Gasteiger partial charge is 0.491 e. The third-order valence-corrected chi connectivity index (χ3v) is 3.75. The standard InChI is InChI=1S/C17H19N5O4/c1-10-19-14(18)13-15(20-10)22(17(21-13)25-3)8-9-26-12-7-5-4-6-11(12)16(23)24-2/h4-7H,8-9H2,1-3H3,(H2,18,19,20). The number of aromatic nitrogens is 4. The fourth-order valence-electron chi connectivity index (χ4n) is 2.59. The lowest BCUT2D eigenvalue weighted by Gasteiger charge is -2.11. The number of hydrogen-bond acceptors (Lipinski definition) is 8. The molecule has 0 atom stereocenters. The van der Waals surface area contributed by atoms with E-state index in [-0.39, 0.29) is 6.61 Å². The van der Waals surface area contributed by atoms with Gasteiger partial charge in [0, 0.05) is 0 Å². The van der Waals surface area contributed by atoms with Crippen LogP contribution in [0.25, 0.3) is 11.2 Å². The molecule has 0 spiro atoms. The average molecular weight is 357 g/mol. The first-order valence-electron chi connectivity index (χ1n) is 7.89. The van der Waals surface area contributed by atoms with Gasteiger partial charge in [0.25, 0.3) is 6.01 Å². The molecule has 0 aliphatic rings. The molecule has 9 heteroatoms. The van der Waals surface area contributed by atoms with Crippen LogP contribution in [-0.4, -0.2) is 46.3 Å². The molecular weight excluding hydrogens is 338 g/mol. The Labute approximate surface area is 149 Å². The fourth-order valence-corrected chi connectivity index (χ4v) is 2.59. The van der Waals surface area contributed by atoms with Gasteiger partial charge < -0.3 is 19.9 Å². The first-order valence-corrected chi connectivity index (χ1v) is 7.89. The summed E-state index contributed by atoms with van der Waals surface area (Å²) in [5.41, 5.74) is 7.32. The van der Waals surface area contributed by atoms with Crippen molar-refractivity contribution in [2.45, 2.75) is 13.5 Å². The quantitative estimate of drug-likeness (QED) is 0.662. The smallest absolute Gasteiger partial charge is 0.341 e. The maximum Gasteiger partial charge on any atom is 0.341 e. The van der Waals surface area contributed by atoms with Gasteiger partial charge in [-0.1, -0.05) is 12.1 Å². The van der Waals surface area contributed by atoms with Crippen LogP contribution in [0.4, 0.5) is 5.82 Å². The Kier molecular flexibility index (Phi) is 4.87. The summed E-state index contributed by atoms with van der Waals surface area (Å²) >= 11 is 0. The molecular formula is C17H19N5O4. The highest BCUT2D eigenvalue weighted by Crippen LogP contribution is 2.24. The number of para-hydroxylation sites is 1. The van der Waals surface area contributed by atoms with Crippen LogP contribution in [0, 0.1) is 6.92 Å². The van der Waals surface area contributed by atoms with Crippen molar-refractivity contribution in [3.63, 3.8) is 0 Å². The highest BCUT2D eigenvalue weighted by molar-refractivity contribution is 5.92. The molecule has 0 aliphatic heterocycles. The number of carbonyl (C=O) groups excluding carboxylic acids is 1. The monoisotopic (exact) mass is 357 g/mol. The van der Waals surface area contributed by atoms with E-state index in [2.05, 4.69) is 15.0 Å². The van der Waals surface area contributed by atoms with Gasteiger partial charge in [-0.05, 0) is 19.1 Å². The van der Waals surface area contributed by atoms with Crippen LogP contribution in [-0.2, 0) is 11.3 Å². The first kappa shape index (κ1) is 17.5. The van der Waals surface area contributed by atoms with Crippen molar-refractivity contribution in [2.75, 3.05) is 26.6 Å². The van der Waals surface area contributed by atoms with Gasteiger partial charge in [0.15, 0.2) is 17.0 Å². The molecule has 9 nitrogen and oxygen atoms in total. The summed E-state index contributed by atoms with van der Waals surface area (Å²) in [6.45, 7) is 2.41. The van der Waals surface area contributed by atoms with Gasteiger partial charge in [-0.15, -0.1) is 0 Å². The van der Waals surface area contributed by atoms with Crippen LogP contribution in [0.2, 0.25) is 0 Å². The van der Waals surface area contributed by atoms with Gasteiger partial charge in [-0.3, -0.25) is 4.57 Å². The van der Waals surface area contributed by atoms with Gasteiger partial charge in [0.1, 0.15) is 23.7 Å². The molecule has 136 valence electrons. The number of anilines is 1. The van der Waals surface area contributed by atoms with Crippen LogP contribution in [0.15, 0.2) is 24.3 Å². The van der Waals surface area contributed by atoms with E-state index in [9.17, 15) is 4.79 Å². The van der Waals surface area contributed by atoms with Crippen LogP contribution in [0.5, 0.6) is 11.8 Å². The van der Waals surface area contributed by atoms with E-state index < -0.39 is 5.97 Å². The first-order chi connectivity index (χ1) is 12.5. The second-order valence-corrected chi connectivity index (χ2v) is 5.41. The maximum absolute atomic E-state index is 11.8. The Morgan fingerprint density at radius 1 is 1.19 bits per heavy atom. The highest BCUT2D eigenvalue weighted by atomic mass is 16.5. The van der Waals surface area contributed by atoms with Crippen LogP contribution >= 0.6 is 0 Å². The predicted octanol–water partition coefficient (Wildman–Crippen LogP) is 1.59. The van der Waals surface area contributed by atoms with Crippen LogP contribution in [0.3, 0.4) is 0 Å². The Balaban J connectivity index is 1.84. The van der Waals surface area contributed by atoms with E-state index in [4.69, 9.17) is 19.9 Å². The number of hydrogen-bond donors (Lipinski definition) is 1. The molecule has 0 unspecified atom stereocenters. The van der Waals surface area contributed by atoms with E-state index in [1.165, 1.54) is 14.2 Å². The minimum Gasteiger partial charge on any atom is -0.491 e. The second kappa shape index (κ2) is 7.26. The number of fused-ring (bicyclic) bond motifs is 1. The highest BCUT2D eigenvalue weighted by Gasteiger charge is 2.17. The van der Waals surface area contributed by atoms with E-state index in [0.717, 1.165) is 0 Å². The molecule has 0 amide bonds. The number of carbonyl (C=O) groups is 1. The number of nitrogens with two attached hydrogens (primary N) is 1. The normalized spacial score (nSPS) is 10.7. The van der Waals surface area contributed by atoms with Crippen molar-refractivity contribution in [1.82, 2.24) is 19.5 Å². The third kappa shape index (κ3) is 3.23. The van der Waals surface area contributed by atoms with Crippen molar-refractivity contribution >= 4 is 23.0 Å². The Morgan fingerprint density at radius 2 is 1.96 bits per heavy atom. The molecule has 0 radical (unpaired) electrons. The lowest BCUT2D eigenvalue weighted by atomic mass is 10.2. The molecule has 0 aliphatic carbocycles. The van der Waals surface area contributed by atoms with Crippen molar-refractivity contribution in [2.24, 2.45) is 0 Å². The molecule has 26 heavy (non-hydrogen) atoms. The number of nitrogens with zero attached hydrogens (tertiary/aromatic N) is 4. The molecule has 2 aromatic heterocycles. The van der Waals surface area contributed by atoms with Gasteiger partial charge in [0.2, 0.25) is 0 Å². The molecule has 3 aromatic rings. The minimum absolute atomic E-state index is 0.263. The topological polar surface area (TPSA) is 114 Å². The number of methoxy groups -OCH3 is 2. The van der Waals surface area contributed by atoms with E-state index in [0.29, 0.717) is 46.7 Å². The molecule has 0 bridgehead atoms. The maximum atomic E-state index is 11.8. The fraction of sp³-hybridized carbons (Fsp3) is 0.294. The number of imidazole rings is 1. The zero-order valence-electron chi connectivity index (χ0n) is 14.7. The van der Waals surface area contributed by atoms with Crippen molar-refractivity contribution in [3.05, 3.63) is 35.7 Å². The minimum atomic E-state index is -0.456. The summed E-state index contributed by atoms with van der Waals surface area (Å²) in [6.07, 6.45) is 0. The Morgan fingerprint density at radius 3 is 2.69 bits per heavy atom. The SMILES string of the molecule is COC(=O)c1ccccc1OCCn1c(OC)nc2c(N)nc(C)nc21. The van der Waals surface area contributed by atoms with Gasteiger partial charge in [0.05, 0.1) is 20.8 Å². The summed E-state index contributed by atoms with van der Waals surface area (Å²) in [5.74, 6) is 0.813. The lowest BCUT2D eigenvalue weighted by Crippen LogP contribution is -2.12. The predicted molar refractivity (Wildman–Crippen MR) is 94.3 cm³/mol. The van der Waals surface area contributed by atoms with Crippen LogP contribution in [0.1, 0.15) is 16.2 Å². The number of aryl methyl sites for hydroxylation is 1. The molecule has 0 saturated heterocycles. The molecule has 2 N–H and O–H groups in total. The number of ether oxygens (including phenoxy) is 3. The zero-order chi connectivity index (χ0) is 18.7. The molecule has 3 rings (SSSR count). The summed E-state index contributed by atoms with van der Waals surface area (Å²) < 4.78 is 17.6. The number of esters is 1. The van der Waals surface area contributed by atoms with Gasteiger partial charge in [-0.2, -0.15) is 4.98 Å². The summed E-state index contributed by atoms with van der Waals surface area (Å²) in [4.78, 5) is 24.6. The summed E-state index contributed by atoms with van der Waals surface area (Å²) in [7, 11) is 2.84. The number of benzene rings is 1. The van der Waals surface area contributed by atoms with Crippen molar-refractivity contribution < 1.29 is 19.0 Å². The van der Waals surface area contributed by atoms with Crippen molar-refractivity contribution in [3.8, 4) is 11.8 Å². The van der Waals surface area contributed by atoms with Gasteiger partial charge >= 0.3 is 5.97 Å². The number of rotatable bonds is 6. The summed E-state index contributed by atoms with van der Waals surface area (Å²) in [5, 5.41) is 0. The van der Waals surface area contributed by atoms with E-state index in [1.807, 2.05) is 0 Å². The van der Waals surface area contributed by atoms with E-state index >= 15 is 0 Å². The molecule has 1 aromatic carbocycles. The summed E-state index contributed by atoms with van der Waals surface area (Å²) in [6, 6.07) is 7.24.